The summed E-state index contributed by atoms with van der Waals surface area (Å²) < 4.78 is 51.2. The van der Waals surface area contributed by atoms with Gasteiger partial charge in [-0.3, -0.25) is 4.18 Å². The molecule has 1 aliphatic rings. The standard InChI is InChI=1S/C16H22F3NO2S/c17-16(18,19)14-6-4-13(5-7-14)12-15(8-1-2-9-15)20-10-3-11-22-23-21/h4-7,20-21H,1-3,8-12H2. The maximum absolute atomic E-state index is 12.6. The second kappa shape index (κ2) is 8.37. The molecular weight excluding hydrogens is 327 g/mol. The second-order valence-corrected chi connectivity index (χ2v) is 6.42. The lowest BCUT2D eigenvalue weighted by molar-refractivity contribution is -0.137. The van der Waals surface area contributed by atoms with Crippen LogP contribution in [0.15, 0.2) is 24.3 Å². The molecule has 23 heavy (non-hydrogen) atoms. The van der Waals surface area contributed by atoms with Gasteiger partial charge < -0.3 is 9.87 Å². The van der Waals surface area contributed by atoms with E-state index in [9.17, 15) is 13.2 Å². The Morgan fingerprint density at radius 3 is 2.39 bits per heavy atom. The van der Waals surface area contributed by atoms with Crippen molar-refractivity contribution in [3.8, 4) is 0 Å². The third-order valence-corrected chi connectivity index (χ3v) is 4.61. The van der Waals surface area contributed by atoms with E-state index in [-0.39, 0.29) is 5.54 Å². The van der Waals surface area contributed by atoms with Crippen molar-refractivity contribution < 1.29 is 21.9 Å². The van der Waals surface area contributed by atoms with E-state index in [0.29, 0.717) is 18.9 Å². The van der Waals surface area contributed by atoms with Crippen molar-refractivity contribution in [1.82, 2.24) is 5.32 Å². The average Bonchev–Trinajstić information content (AvgIpc) is 2.95. The van der Waals surface area contributed by atoms with Gasteiger partial charge in [0.1, 0.15) is 0 Å². The predicted molar refractivity (Wildman–Crippen MR) is 85.1 cm³/mol. The molecule has 1 aromatic carbocycles. The summed E-state index contributed by atoms with van der Waals surface area (Å²) in [6.07, 6.45) is 1.57. The van der Waals surface area contributed by atoms with Gasteiger partial charge >= 0.3 is 6.18 Å². The molecule has 1 aromatic rings. The Kier molecular flexibility index (Phi) is 6.76. The lowest BCUT2D eigenvalue weighted by atomic mass is 9.88. The topological polar surface area (TPSA) is 41.5 Å². The molecule has 0 saturated heterocycles. The van der Waals surface area contributed by atoms with Gasteiger partial charge in [0.2, 0.25) is 0 Å². The fourth-order valence-corrected chi connectivity index (χ4v) is 3.38. The van der Waals surface area contributed by atoms with Crippen molar-refractivity contribution in [1.29, 1.82) is 0 Å². The Balaban J connectivity index is 1.93. The minimum absolute atomic E-state index is 0.0356. The zero-order chi connectivity index (χ0) is 16.8. The van der Waals surface area contributed by atoms with Gasteiger partial charge in [-0.05, 0) is 49.9 Å². The second-order valence-electron chi connectivity index (χ2n) is 6.04. The molecule has 0 aromatic heterocycles. The van der Waals surface area contributed by atoms with Crippen LogP contribution < -0.4 is 5.32 Å². The van der Waals surface area contributed by atoms with Crippen molar-refractivity contribution in [3.05, 3.63) is 35.4 Å². The quantitative estimate of drug-likeness (QED) is 0.528. The zero-order valence-electron chi connectivity index (χ0n) is 12.9. The summed E-state index contributed by atoms with van der Waals surface area (Å²) in [7, 11) is 0. The van der Waals surface area contributed by atoms with Gasteiger partial charge in [-0.1, -0.05) is 25.0 Å². The van der Waals surface area contributed by atoms with E-state index in [1.165, 1.54) is 0 Å². The molecule has 0 spiro atoms. The van der Waals surface area contributed by atoms with Crippen LogP contribution in [0.2, 0.25) is 0 Å². The van der Waals surface area contributed by atoms with E-state index >= 15 is 0 Å². The van der Waals surface area contributed by atoms with Crippen LogP contribution in [0, 0.1) is 0 Å². The lowest BCUT2D eigenvalue weighted by Gasteiger charge is -2.31. The first-order valence-electron chi connectivity index (χ1n) is 7.79. The minimum Gasteiger partial charge on any atom is -0.311 e. The molecule has 130 valence electrons. The van der Waals surface area contributed by atoms with E-state index < -0.39 is 11.7 Å². The number of nitrogens with one attached hydrogen (secondary N) is 1. The highest BCUT2D eigenvalue weighted by Gasteiger charge is 2.34. The largest absolute Gasteiger partial charge is 0.416 e. The Bertz CT molecular complexity index is 473. The van der Waals surface area contributed by atoms with Crippen LogP contribution in [0.4, 0.5) is 13.2 Å². The number of rotatable bonds is 8. The third-order valence-electron chi connectivity index (χ3n) is 4.34. The molecule has 0 heterocycles. The lowest BCUT2D eigenvalue weighted by Crippen LogP contribution is -2.45. The molecule has 1 saturated carbocycles. The fraction of sp³-hybridized carbons (Fsp3) is 0.625. The van der Waals surface area contributed by atoms with Gasteiger partial charge in [-0.25, -0.2) is 0 Å². The number of halogens is 3. The molecule has 0 atom stereocenters. The van der Waals surface area contributed by atoms with Gasteiger partial charge in [-0.2, -0.15) is 13.2 Å². The summed E-state index contributed by atoms with van der Waals surface area (Å²) in [5, 5.41) is 3.55. The summed E-state index contributed by atoms with van der Waals surface area (Å²) >= 11 is 0.370. The first kappa shape index (κ1) is 18.6. The molecule has 0 amide bonds. The third kappa shape index (κ3) is 5.67. The predicted octanol–water partition coefficient (Wildman–Crippen LogP) is 4.68. The van der Waals surface area contributed by atoms with Gasteiger partial charge in [0.05, 0.1) is 12.2 Å². The van der Waals surface area contributed by atoms with Crippen LogP contribution in [-0.2, 0) is 16.8 Å². The van der Waals surface area contributed by atoms with Crippen LogP contribution in [0.1, 0.15) is 43.2 Å². The number of alkyl halides is 3. The molecule has 2 N–H and O–H groups in total. The van der Waals surface area contributed by atoms with Crippen molar-refractivity contribution >= 4 is 12.3 Å². The van der Waals surface area contributed by atoms with Crippen LogP contribution >= 0.6 is 12.3 Å². The summed E-state index contributed by atoms with van der Waals surface area (Å²) in [6, 6.07) is 5.47. The van der Waals surface area contributed by atoms with E-state index in [1.54, 1.807) is 12.1 Å². The Labute approximate surface area is 139 Å². The molecule has 1 fully saturated rings. The van der Waals surface area contributed by atoms with Gasteiger partial charge in [0.15, 0.2) is 12.3 Å². The molecule has 0 bridgehead atoms. The molecule has 1 aliphatic carbocycles. The molecule has 0 unspecified atom stereocenters. The molecule has 0 radical (unpaired) electrons. The highest BCUT2D eigenvalue weighted by molar-refractivity contribution is 7.88. The maximum atomic E-state index is 12.6. The molecular formula is C16H22F3NO2S. The minimum atomic E-state index is -4.29. The van der Waals surface area contributed by atoms with E-state index in [0.717, 1.165) is 62.8 Å². The Hall–Kier alpha value is -0.760. The number of hydrogen-bond acceptors (Lipinski definition) is 4. The smallest absolute Gasteiger partial charge is 0.311 e. The van der Waals surface area contributed by atoms with Gasteiger partial charge in [0.25, 0.3) is 0 Å². The fourth-order valence-electron chi connectivity index (χ4n) is 3.19. The van der Waals surface area contributed by atoms with Crippen molar-refractivity contribution in [2.75, 3.05) is 13.2 Å². The highest BCUT2D eigenvalue weighted by Crippen LogP contribution is 2.34. The first-order valence-corrected chi connectivity index (χ1v) is 8.49. The summed E-state index contributed by atoms with van der Waals surface area (Å²) in [5.74, 6) is 0. The molecule has 0 aliphatic heterocycles. The maximum Gasteiger partial charge on any atom is 0.416 e. The van der Waals surface area contributed by atoms with Crippen LogP contribution in [0.25, 0.3) is 0 Å². The first-order chi connectivity index (χ1) is 11.0. The summed E-state index contributed by atoms with van der Waals surface area (Å²) in [6.45, 7) is 1.23. The van der Waals surface area contributed by atoms with E-state index in [1.807, 2.05) is 0 Å². The SMILES string of the molecule is OSOCCCNC1(Cc2ccc(C(F)(F)F)cc2)CCCC1. The molecule has 3 nitrogen and oxygen atoms in total. The van der Waals surface area contributed by atoms with E-state index in [2.05, 4.69) is 5.32 Å². The summed E-state index contributed by atoms with van der Waals surface area (Å²) in [5.41, 5.74) is 0.287. The summed E-state index contributed by atoms with van der Waals surface area (Å²) in [4.78, 5) is 0. The molecule has 7 heteroatoms. The number of benzene rings is 1. The van der Waals surface area contributed by atoms with Crippen molar-refractivity contribution in [3.63, 3.8) is 0 Å². The van der Waals surface area contributed by atoms with Crippen LogP contribution in [0.5, 0.6) is 0 Å². The van der Waals surface area contributed by atoms with Gasteiger partial charge in [-0.15, -0.1) is 0 Å². The average molecular weight is 349 g/mol. The van der Waals surface area contributed by atoms with Crippen LogP contribution in [-0.4, -0.2) is 23.2 Å². The van der Waals surface area contributed by atoms with Gasteiger partial charge in [0, 0.05) is 5.54 Å². The molecule has 2 rings (SSSR count). The highest BCUT2D eigenvalue weighted by atomic mass is 32.2. The zero-order valence-corrected chi connectivity index (χ0v) is 13.7. The normalized spacial score (nSPS) is 17.6. The number of hydrogen-bond donors (Lipinski definition) is 2. The Morgan fingerprint density at radius 1 is 1.17 bits per heavy atom. The Morgan fingerprint density at radius 2 is 1.83 bits per heavy atom. The van der Waals surface area contributed by atoms with E-state index in [4.69, 9.17) is 8.74 Å². The van der Waals surface area contributed by atoms with Crippen molar-refractivity contribution in [2.24, 2.45) is 0 Å². The van der Waals surface area contributed by atoms with Crippen molar-refractivity contribution in [2.45, 2.75) is 50.2 Å². The monoisotopic (exact) mass is 349 g/mol. The van der Waals surface area contributed by atoms with Crippen LogP contribution in [0.3, 0.4) is 0 Å².